The number of sulfonamides is 1. The number of piperidine rings is 1. The highest BCUT2D eigenvalue weighted by atomic mass is 32.2. The number of hydrazine groups is 1. The summed E-state index contributed by atoms with van der Waals surface area (Å²) in [5, 5.41) is 11.6. The summed E-state index contributed by atoms with van der Waals surface area (Å²) in [5.41, 5.74) is 3.62. The Morgan fingerprint density at radius 1 is 1.30 bits per heavy atom. The first kappa shape index (κ1) is 27.8. The van der Waals surface area contributed by atoms with Crippen LogP contribution in [0.3, 0.4) is 0 Å². The highest BCUT2D eigenvalue weighted by molar-refractivity contribution is 7.89. The minimum absolute atomic E-state index is 0.125. The summed E-state index contributed by atoms with van der Waals surface area (Å²) in [6.45, 7) is 1.73. The van der Waals surface area contributed by atoms with E-state index in [1.807, 2.05) is 5.01 Å². The van der Waals surface area contributed by atoms with E-state index in [2.05, 4.69) is 21.5 Å². The van der Waals surface area contributed by atoms with Crippen molar-refractivity contribution in [2.24, 2.45) is 15.9 Å². The van der Waals surface area contributed by atoms with Gasteiger partial charge in [0.1, 0.15) is 17.9 Å². The average Bonchev–Trinajstić information content (AvgIpc) is 3.58. The zero-order chi connectivity index (χ0) is 28.5. The van der Waals surface area contributed by atoms with Gasteiger partial charge in [-0.15, -0.1) is 0 Å². The SMILES string of the molecule is CN(C)S(=O)(=O)c1ccc(N=C2NN(C3(CC#N)CCN(C(=O)O[C@@H]4CCOC4)CC3)C3=CC=NC(=O)C32)cc1. The van der Waals surface area contributed by atoms with Gasteiger partial charge in [0.15, 0.2) is 0 Å². The number of hydrogen-bond acceptors (Lipinski definition) is 9. The summed E-state index contributed by atoms with van der Waals surface area (Å²) in [7, 11) is -0.685. The number of carbonyl (C=O) groups excluding carboxylic acids is 2. The molecule has 0 bridgehead atoms. The van der Waals surface area contributed by atoms with Crippen LogP contribution in [0.5, 0.6) is 0 Å². The van der Waals surface area contributed by atoms with Crippen molar-refractivity contribution in [3.8, 4) is 6.07 Å². The quantitative estimate of drug-likeness (QED) is 0.537. The van der Waals surface area contributed by atoms with Crippen molar-refractivity contribution in [2.75, 3.05) is 40.4 Å². The molecule has 14 heteroatoms. The Labute approximate surface area is 232 Å². The molecule has 1 N–H and O–H groups in total. The van der Waals surface area contributed by atoms with Crippen LogP contribution in [-0.4, -0.2) is 98.7 Å². The van der Waals surface area contributed by atoms with Crippen LogP contribution in [0, 0.1) is 17.2 Å². The molecule has 212 valence electrons. The van der Waals surface area contributed by atoms with E-state index in [0.717, 1.165) is 4.31 Å². The minimum Gasteiger partial charge on any atom is -0.444 e. The molecule has 40 heavy (non-hydrogen) atoms. The van der Waals surface area contributed by atoms with Crippen LogP contribution >= 0.6 is 0 Å². The number of nitrogens with one attached hydrogen (secondary N) is 1. The molecule has 3 fully saturated rings. The van der Waals surface area contributed by atoms with E-state index in [-0.39, 0.29) is 17.4 Å². The van der Waals surface area contributed by atoms with Gasteiger partial charge in [0.25, 0.3) is 5.91 Å². The van der Waals surface area contributed by atoms with Gasteiger partial charge in [0.05, 0.1) is 47.5 Å². The average molecular weight is 570 g/mol. The second kappa shape index (κ2) is 11.0. The topological polar surface area (TPSA) is 157 Å². The van der Waals surface area contributed by atoms with Gasteiger partial charge in [0, 0.05) is 39.8 Å². The molecule has 1 aromatic carbocycles. The molecule has 4 heterocycles. The van der Waals surface area contributed by atoms with Crippen molar-refractivity contribution in [2.45, 2.75) is 42.2 Å². The van der Waals surface area contributed by atoms with Crippen LogP contribution in [-0.2, 0) is 24.3 Å². The van der Waals surface area contributed by atoms with Gasteiger partial charge in [0.2, 0.25) is 10.0 Å². The zero-order valence-electron chi connectivity index (χ0n) is 22.3. The molecule has 4 aliphatic rings. The first-order valence-electron chi connectivity index (χ1n) is 13.0. The van der Waals surface area contributed by atoms with Crippen molar-refractivity contribution in [1.82, 2.24) is 19.6 Å². The third-order valence-corrected chi connectivity index (χ3v) is 9.43. The first-order valence-corrected chi connectivity index (χ1v) is 14.4. The van der Waals surface area contributed by atoms with Gasteiger partial charge in [-0.05, 0) is 43.2 Å². The number of nitriles is 1. The molecular formula is C26H31N7O6S. The lowest BCUT2D eigenvalue weighted by Gasteiger charge is -2.47. The fraction of sp³-hybridized carbons (Fsp3) is 0.500. The Balaban J connectivity index is 1.38. The van der Waals surface area contributed by atoms with Crippen molar-refractivity contribution >= 4 is 39.8 Å². The number of amides is 2. The number of rotatable bonds is 6. The van der Waals surface area contributed by atoms with Gasteiger partial charge in [-0.3, -0.25) is 15.2 Å². The summed E-state index contributed by atoms with van der Waals surface area (Å²) in [6, 6.07) is 8.34. The third kappa shape index (κ3) is 5.19. The number of aliphatic imine (C=N–C) groups is 2. The number of likely N-dealkylation sites (tertiary alicyclic amines) is 1. The van der Waals surface area contributed by atoms with E-state index in [1.54, 1.807) is 23.1 Å². The van der Waals surface area contributed by atoms with E-state index < -0.39 is 33.5 Å². The lowest BCUT2D eigenvalue weighted by Crippen LogP contribution is -2.58. The molecule has 3 saturated heterocycles. The van der Waals surface area contributed by atoms with Crippen molar-refractivity contribution < 1.29 is 27.5 Å². The summed E-state index contributed by atoms with van der Waals surface area (Å²) in [5.74, 6) is -0.863. The molecule has 4 aliphatic heterocycles. The van der Waals surface area contributed by atoms with Crippen LogP contribution in [0.1, 0.15) is 25.7 Å². The molecule has 0 radical (unpaired) electrons. The number of hydrogen-bond donors (Lipinski definition) is 1. The maximum atomic E-state index is 12.9. The molecule has 13 nitrogen and oxygen atoms in total. The number of dihydropyridines is 1. The number of ether oxygens (including phenoxy) is 2. The number of carbonyl (C=O) groups is 2. The van der Waals surface area contributed by atoms with Gasteiger partial charge in [-0.25, -0.2) is 27.5 Å². The van der Waals surface area contributed by atoms with Crippen molar-refractivity contribution in [1.29, 1.82) is 5.26 Å². The van der Waals surface area contributed by atoms with E-state index in [0.29, 0.717) is 62.8 Å². The second-order valence-electron chi connectivity index (χ2n) is 10.3. The molecule has 0 spiro atoms. The lowest BCUT2D eigenvalue weighted by atomic mass is 9.83. The molecule has 1 aromatic rings. The Morgan fingerprint density at radius 3 is 2.65 bits per heavy atom. The Hall–Kier alpha value is -3.80. The van der Waals surface area contributed by atoms with E-state index >= 15 is 0 Å². The lowest BCUT2D eigenvalue weighted by molar-refractivity contribution is -0.119. The highest BCUT2D eigenvalue weighted by Gasteiger charge is 2.50. The first-order chi connectivity index (χ1) is 19.1. The Morgan fingerprint density at radius 2 is 2.02 bits per heavy atom. The van der Waals surface area contributed by atoms with Crippen LogP contribution in [0.15, 0.2) is 50.9 Å². The standard InChI is InChI=1S/C26H31N7O6S/c1-31(2)40(36,37)20-5-3-18(4-6-20)29-23-22-21(7-13-28-24(22)34)33(30-23)26(9-12-27)10-14-32(15-11-26)25(35)39-19-8-16-38-17-19/h3-7,13,19,22H,8-11,14-17H2,1-2H3,(H,29,30)/t19-,22?/m1/s1. The molecule has 2 amide bonds. The zero-order valence-corrected chi connectivity index (χ0v) is 23.1. The monoisotopic (exact) mass is 569 g/mol. The molecule has 0 saturated carbocycles. The maximum absolute atomic E-state index is 12.9. The third-order valence-electron chi connectivity index (χ3n) is 7.60. The predicted octanol–water partition coefficient (Wildman–Crippen LogP) is 1.57. The van der Waals surface area contributed by atoms with Crippen LogP contribution in [0.25, 0.3) is 0 Å². The van der Waals surface area contributed by atoms with E-state index in [4.69, 9.17) is 9.47 Å². The molecule has 5 rings (SSSR count). The fourth-order valence-electron chi connectivity index (χ4n) is 5.27. The molecule has 2 atom stereocenters. The van der Waals surface area contributed by atoms with Gasteiger partial charge >= 0.3 is 6.09 Å². The van der Waals surface area contributed by atoms with Gasteiger partial charge in [-0.2, -0.15) is 5.26 Å². The normalized spacial score (nSPS) is 25.0. The van der Waals surface area contributed by atoms with Crippen molar-refractivity contribution in [3.63, 3.8) is 0 Å². The molecule has 0 aromatic heterocycles. The summed E-state index contributed by atoms with van der Waals surface area (Å²) >= 11 is 0. The largest absolute Gasteiger partial charge is 0.444 e. The minimum atomic E-state index is -3.60. The smallest absolute Gasteiger partial charge is 0.410 e. The number of allylic oxidation sites excluding steroid dienone is 1. The van der Waals surface area contributed by atoms with E-state index in [1.165, 1.54) is 32.4 Å². The van der Waals surface area contributed by atoms with Crippen LogP contribution in [0.4, 0.5) is 10.5 Å². The fourth-order valence-corrected chi connectivity index (χ4v) is 6.17. The highest BCUT2D eigenvalue weighted by Crippen LogP contribution is 2.40. The summed E-state index contributed by atoms with van der Waals surface area (Å²) in [4.78, 5) is 36.0. The second-order valence-corrected chi connectivity index (χ2v) is 12.4. The number of fused-ring (bicyclic) bond motifs is 1. The Kier molecular flexibility index (Phi) is 7.63. The van der Waals surface area contributed by atoms with Crippen LogP contribution in [0.2, 0.25) is 0 Å². The molecule has 1 unspecified atom stereocenters. The predicted molar refractivity (Wildman–Crippen MR) is 144 cm³/mol. The van der Waals surface area contributed by atoms with E-state index in [9.17, 15) is 23.3 Å². The van der Waals surface area contributed by atoms with Gasteiger partial charge in [-0.1, -0.05) is 0 Å². The van der Waals surface area contributed by atoms with Crippen molar-refractivity contribution in [3.05, 3.63) is 36.0 Å². The molecule has 0 aliphatic carbocycles. The molecular weight excluding hydrogens is 538 g/mol. The van der Waals surface area contributed by atoms with Crippen LogP contribution < -0.4 is 5.43 Å². The summed E-state index contributed by atoms with van der Waals surface area (Å²) < 4.78 is 36.8. The van der Waals surface area contributed by atoms with Gasteiger partial charge < -0.3 is 14.4 Å². The number of nitrogens with zero attached hydrogens (tertiary/aromatic N) is 6. The Bertz CT molecular complexity index is 1400. The number of benzene rings is 1. The summed E-state index contributed by atoms with van der Waals surface area (Å²) in [6.07, 6.45) is 4.28. The number of amidine groups is 1. The maximum Gasteiger partial charge on any atom is 0.410 e.